The average Bonchev–Trinajstić information content (AvgIpc) is 3.50. The van der Waals surface area contributed by atoms with E-state index in [2.05, 4.69) is 25.0 Å². The lowest BCUT2D eigenvalue weighted by Gasteiger charge is -2.35. The van der Waals surface area contributed by atoms with Crippen molar-refractivity contribution >= 4 is 23.2 Å². The summed E-state index contributed by atoms with van der Waals surface area (Å²) >= 11 is 1.34. The molecule has 1 atom stereocenters. The normalized spacial score (nSPS) is 16.7. The fourth-order valence-electron chi connectivity index (χ4n) is 3.05. The van der Waals surface area contributed by atoms with Gasteiger partial charge < -0.3 is 19.5 Å². The molecule has 2 amide bonds. The van der Waals surface area contributed by atoms with Crippen molar-refractivity contribution in [1.82, 2.24) is 25.3 Å². The lowest BCUT2D eigenvalue weighted by atomic mass is 10.2. The third kappa shape index (κ3) is 4.78. The maximum atomic E-state index is 12.7. The predicted octanol–water partition coefficient (Wildman–Crippen LogP) is 2.48. The highest BCUT2D eigenvalue weighted by Crippen LogP contribution is 2.29. The number of nitrogens with zero attached hydrogens (tertiary/aromatic N) is 4. The predicted molar refractivity (Wildman–Crippen MR) is 105 cm³/mol. The molecule has 0 unspecified atom stereocenters. The Morgan fingerprint density at radius 1 is 1.28 bits per heavy atom. The van der Waals surface area contributed by atoms with Gasteiger partial charge in [0.1, 0.15) is 5.69 Å². The molecule has 0 saturated carbocycles. The Kier molecular flexibility index (Phi) is 6.19. The van der Waals surface area contributed by atoms with E-state index < -0.39 is 18.0 Å². The van der Waals surface area contributed by atoms with Crippen LogP contribution in [-0.2, 0) is 10.9 Å². The van der Waals surface area contributed by atoms with Gasteiger partial charge in [-0.3, -0.25) is 14.6 Å². The molecule has 1 N–H and O–H groups in total. The molecule has 4 rings (SSSR count). The van der Waals surface area contributed by atoms with Crippen LogP contribution in [0.4, 0.5) is 13.2 Å². The highest BCUT2D eigenvalue weighted by Gasteiger charge is 2.38. The highest BCUT2D eigenvalue weighted by atomic mass is 32.1. The fourth-order valence-corrected chi connectivity index (χ4v) is 3.73. The molecule has 168 valence electrons. The Labute approximate surface area is 183 Å². The van der Waals surface area contributed by atoms with Crippen LogP contribution in [0, 0.1) is 0 Å². The molecule has 0 spiro atoms. The van der Waals surface area contributed by atoms with Gasteiger partial charge in [0.2, 0.25) is 5.82 Å². The second kappa shape index (κ2) is 9.04. The minimum atomic E-state index is -4.75. The molecule has 1 aliphatic heterocycles. The first-order valence-corrected chi connectivity index (χ1v) is 10.3. The zero-order valence-electron chi connectivity index (χ0n) is 16.3. The van der Waals surface area contributed by atoms with Crippen LogP contribution in [0.25, 0.3) is 11.4 Å². The Morgan fingerprint density at radius 3 is 2.78 bits per heavy atom. The number of alkyl halides is 3. The van der Waals surface area contributed by atoms with E-state index in [9.17, 15) is 22.8 Å². The Morgan fingerprint density at radius 2 is 2.12 bits per heavy atom. The van der Waals surface area contributed by atoms with Crippen LogP contribution in [0.5, 0.6) is 0 Å². The first kappa shape index (κ1) is 21.9. The van der Waals surface area contributed by atoms with E-state index in [-0.39, 0.29) is 42.2 Å². The number of morpholine rings is 1. The number of aromatic nitrogens is 3. The van der Waals surface area contributed by atoms with Gasteiger partial charge in [0.05, 0.1) is 24.1 Å². The van der Waals surface area contributed by atoms with Gasteiger partial charge >= 0.3 is 12.1 Å². The number of pyridine rings is 1. The van der Waals surface area contributed by atoms with Gasteiger partial charge in [0.15, 0.2) is 0 Å². The van der Waals surface area contributed by atoms with Gasteiger partial charge in [-0.25, -0.2) is 0 Å². The topological polar surface area (TPSA) is 110 Å². The van der Waals surface area contributed by atoms with Gasteiger partial charge in [0, 0.05) is 24.8 Å². The van der Waals surface area contributed by atoms with E-state index in [1.165, 1.54) is 29.7 Å². The molecule has 1 saturated heterocycles. The number of thiophene rings is 1. The SMILES string of the molecule is O=C(NC[C@H]1COCCN1C(=O)c1cccs1)c1ccc(-c2noc(C(F)(F)F)n2)cn1. The summed E-state index contributed by atoms with van der Waals surface area (Å²) in [5, 5.41) is 7.80. The van der Waals surface area contributed by atoms with Crippen molar-refractivity contribution in [3.05, 3.63) is 52.3 Å². The molecule has 0 aliphatic carbocycles. The van der Waals surface area contributed by atoms with Crippen molar-refractivity contribution in [3.8, 4) is 11.4 Å². The van der Waals surface area contributed by atoms with E-state index in [1.54, 1.807) is 17.0 Å². The Balaban J connectivity index is 1.38. The monoisotopic (exact) mass is 467 g/mol. The van der Waals surface area contributed by atoms with Gasteiger partial charge in [-0.15, -0.1) is 11.3 Å². The summed E-state index contributed by atoms with van der Waals surface area (Å²) in [4.78, 5) is 34.7. The molecule has 4 heterocycles. The number of carbonyl (C=O) groups excluding carboxylic acids is 2. The van der Waals surface area contributed by atoms with Crippen LogP contribution in [0.1, 0.15) is 26.1 Å². The van der Waals surface area contributed by atoms with Crippen LogP contribution < -0.4 is 5.32 Å². The number of carbonyl (C=O) groups is 2. The molecule has 9 nitrogen and oxygen atoms in total. The Bertz CT molecular complexity index is 1090. The minimum Gasteiger partial charge on any atom is -0.377 e. The Hall–Kier alpha value is -3.32. The quantitative estimate of drug-likeness (QED) is 0.614. The summed E-state index contributed by atoms with van der Waals surface area (Å²) in [5.41, 5.74) is 0.204. The zero-order valence-corrected chi connectivity index (χ0v) is 17.2. The van der Waals surface area contributed by atoms with Gasteiger partial charge in [-0.2, -0.15) is 18.2 Å². The number of halogens is 3. The lowest BCUT2D eigenvalue weighted by Crippen LogP contribution is -2.53. The van der Waals surface area contributed by atoms with E-state index in [0.29, 0.717) is 18.0 Å². The zero-order chi connectivity index (χ0) is 22.7. The summed E-state index contributed by atoms with van der Waals surface area (Å²) in [6, 6.07) is 5.89. The standard InChI is InChI=1S/C19H16F3N5O4S/c20-19(21,22)18-25-15(26-31-18)11-3-4-13(23-8-11)16(28)24-9-12-10-30-6-5-27(12)17(29)14-2-1-7-32-14/h1-4,7-8,12H,5-6,9-10H2,(H,24,28)/t12-/m0/s1. The fraction of sp³-hybridized carbons (Fsp3) is 0.316. The summed E-state index contributed by atoms with van der Waals surface area (Å²) < 4.78 is 47.4. The lowest BCUT2D eigenvalue weighted by molar-refractivity contribution is -0.159. The minimum absolute atomic E-state index is 0.0427. The average molecular weight is 467 g/mol. The maximum Gasteiger partial charge on any atom is 0.471 e. The summed E-state index contributed by atoms with van der Waals surface area (Å²) in [6.45, 7) is 1.26. The van der Waals surface area contributed by atoms with Crippen LogP contribution in [0.2, 0.25) is 0 Å². The van der Waals surface area contributed by atoms with Crippen LogP contribution in [0.3, 0.4) is 0 Å². The molecule has 13 heteroatoms. The summed E-state index contributed by atoms with van der Waals surface area (Å²) in [6.07, 6.45) is -3.57. The highest BCUT2D eigenvalue weighted by molar-refractivity contribution is 7.12. The first-order valence-electron chi connectivity index (χ1n) is 9.40. The number of amides is 2. The second-order valence-corrected chi connectivity index (χ2v) is 7.72. The third-order valence-electron chi connectivity index (χ3n) is 4.64. The van der Waals surface area contributed by atoms with Crippen LogP contribution >= 0.6 is 11.3 Å². The molecule has 0 aromatic carbocycles. The van der Waals surface area contributed by atoms with Gasteiger partial charge in [-0.1, -0.05) is 11.2 Å². The smallest absolute Gasteiger partial charge is 0.377 e. The van der Waals surface area contributed by atoms with Crippen molar-refractivity contribution in [3.63, 3.8) is 0 Å². The third-order valence-corrected chi connectivity index (χ3v) is 5.50. The van der Waals surface area contributed by atoms with Gasteiger partial charge in [-0.05, 0) is 23.6 Å². The number of hydrogen-bond donors (Lipinski definition) is 1. The largest absolute Gasteiger partial charge is 0.471 e. The summed E-state index contributed by atoms with van der Waals surface area (Å²) in [5.74, 6) is -2.39. The van der Waals surface area contributed by atoms with Gasteiger partial charge in [0.25, 0.3) is 11.8 Å². The molecular weight excluding hydrogens is 451 g/mol. The number of nitrogens with one attached hydrogen (secondary N) is 1. The van der Waals surface area contributed by atoms with Crippen molar-refractivity contribution in [2.45, 2.75) is 12.2 Å². The number of ether oxygens (including phenoxy) is 1. The van der Waals surface area contributed by atoms with E-state index in [1.807, 2.05) is 5.38 Å². The number of hydrogen-bond acceptors (Lipinski definition) is 8. The molecular formula is C19H16F3N5O4S. The molecule has 0 radical (unpaired) electrons. The van der Waals surface area contributed by atoms with Crippen molar-refractivity contribution in [2.75, 3.05) is 26.3 Å². The molecule has 1 fully saturated rings. The van der Waals surface area contributed by atoms with Crippen molar-refractivity contribution in [2.24, 2.45) is 0 Å². The molecule has 1 aliphatic rings. The molecule has 32 heavy (non-hydrogen) atoms. The van der Waals surface area contributed by atoms with Crippen LogP contribution in [-0.4, -0.2) is 64.2 Å². The number of rotatable bonds is 5. The van der Waals surface area contributed by atoms with E-state index >= 15 is 0 Å². The summed E-state index contributed by atoms with van der Waals surface area (Å²) in [7, 11) is 0. The molecule has 3 aromatic rings. The van der Waals surface area contributed by atoms with E-state index in [0.717, 1.165) is 0 Å². The van der Waals surface area contributed by atoms with E-state index in [4.69, 9.17) is 4.74 Å². The van der Waals surface area contributed by atoms with Crippen molar-refractivity contribution in [1.29, 1.82) is 0 Å². The maximum absolute atomic E-state index is 12.7. The first-order chi connectivity index (χ1) is 15.3. The van der Waals surface area contributed by atoms with Crippen LogP contribution in [0.15, 0.2) is 40.4 Å². The second-order valence-electron chi connectivity index (χ2n) is 6.77. The molecule has 3 aromatic heterocycles. The van der Waals surface area contributed by atoms with Crippen molar-refractivity contribution < 1.29 is 32.0 Å². The molecule has 0 bridgehead atoms.